The molecule has 0 unspecified atom stereocenters. The van der Waals surface area contributed by atoms with E-state index in [9.17, 15) is 4.79 Å². The van der Waals surface area contributed by atoms with Gasteiger partial charge >= 0.3 is 5.97 Å². The van der Waals surface area contributed by atoms with Crippen LogP contribution in [-0.2, 0) is 16.0 Å². The third kappa shape index (κ3) is 3.27. The predicted octanol–water partition coefficient (Wildman–Crippen LogP) is 2.54. The Morgan fingerprint density at radius 1 is 1.15 bits per heavy atom. The van der Waals surface area contributed by atoms with Crippen molar-refractivity contribution in [3.8, 4) is 22.1 Å². The standard InChI is InChI=1S/C14H15NO4S/c1-17-11-4-9(5-12(7-11)18-2)14-15-10(8-20-14)6-13(16)19-3/h4-5,7-8H,6H2,1-3H3. The molecule has 0 saturated heterocycles. The second-order valence-electron chi connectivity index (χ2n) is 4.00. The lowest BCUT2D eigenvalue weighted by molar-refractivity contribution is -0.139. The van der Waals surface area contributed by atoms with E-state index in [1.807, 2.05) is 17.5 Å². The van der Waals surface area contributed by atoms with Crippen LogP contribution in [0.25, 0.3) is 10.6 Å². The first kappa shape index (κ1) is 14.3. The number of nitrogens with zero attached hydrogens (tertiary/aromatic N) is 1. The van der Waals surface area contributed by atoms with Gasteiger partial charge in [0.15, 0.2) is 0 Å². The summed E-state index contributed by atoms with van der Waals surface area (Å²) in [5, 5.41) is 2.65. The molecule has 0 N–H and O–H groups in total. The number of hydrogen-bond acceptors (Lipinski definition) is 6. The van der Waals surface area contributed by atoms with Gasteiger partial charge in [-0.05, 0) is 12.1 Å². The SMILES string of the molecule is COC(=O)Cc1csc(-c2cc(OC)cc(OC)c2)n1. The molecular formula is C14H15NO4S. The maximum atomic E-state index is 11.2. The number of rotatable bonds is 5. The van der Waals surface area contributed by atoms with Crippen molar-refractivity contribution in [2.75, 3.05) is 21.3 Å². The average molecular weight is 293 g/mol. The zero-order chi connectivity index (χ0) is 14.5. The maximum Gasteiger partial charge on any atom is 0.311 e. The highest BCUT2D eigenvalue weighted by atomic mass is 32.1. The average Bonchev–Trinajstić information content (AvgIpc) is 2.94. The molecule has 0 saturated carbocycles. The van der Waals surface area contributed by atoms with Crippen LogP contribution in [0.4, 0.5) is 0 Å². The van der Waals surface area contributed by atoms with Crippen molar-refractivity contribution in [1.82, 2.24) is 4.98 Å². The summed E-state index contributed by atoms with van der Waals surface area (Å²) in [5.41, 5.74) is 1.58. The molecule has 0 radical (unpaired) electrons. The van der Waals surface area contributed by atoms with Crippen LogP contribution in [-0.4, -0.2) is 32.3 Å². The monoisotopic (exact) mass is 293 g/mol. The van der Waals surface area contributed by atoms with Crippen LogP contribution in [0.5, 0.6) is 11.5 Å². The minimum Gasteiger partial charge on any atom is -0.497 e. The van der Waals surface area contributed by atoms with Gasteiger partial charge in [0.25, 0.3) is 0 Å². The van der Waals surface area contributed by atoms with Crippen molar-refractivity contribution in [1.29, 1.82) is 0 Å². The van der Waals surface area contributed by atoms with Gasteiger partial charge in [-0.15, -0.1) is 11.3 Å². The van der Waals surface area contributed by atoms with Crippen molar-refractivity contribution in [3.63, 3.8) is 0 Å². The zero-order valence-corrected chi connectivity index (χ0v) is 12.3. The lowest BCUT2D eigenvalue weighted by atomic mass is 10.2. The summed E-state index contributed by atoms with van der Waals surface area (Å²) < 4.78 is 15.1. The summed E-state index contributed by atoms with van der Waals surface area (Å²) in [6, 6.07) is 5.55. The molecule has 1 aromatic heterocycles. The topological polar surface area (TPSA) is 57.7 Å². The van der Waals surface area contributed by atoms with Crippen molar-refractivity contribution in [2.24, 2.45) is 0 Å². The first-order chi connectivity index (χ1) is 9.66. The number of carbonyl (C=O) groups is 1. The molecule has 0 fully saturated rings. The summed E-state index contributed by atoms with van der Waals surface area (Å²) in [5.74, 6) is 1.10. The van der Waals surface area contributed by atoms with Gasteiger partial charge in [-0.25, -0.2) is 4.98 Å². The fourth-order valence-corrected chi connectivity index (χ4v) is 2.48. The van der Waals surface area contributed by atoms with Gasteiger partial charge in [0, 0.05) is 17.0 Å². The van der Waals surface area contributed by atoms with Gasteiger partial charge in [-0.3, -0.25) is 4.79 Å². The van der Waals surface area contributed by atoms with Crippen molar-refractivity contribution in [2.45, 2.75) is 6.42 Å². The van der Waals surface area contributed by atoms with Gasteiger partial charge in [0.1, 0.15) is 16.5 Å². The number of benzene rings is 1. The normalized spacial score (nSPS) is 10.2. The third-order valence-electron chi connectivity index (χ3n) is 2.70. The van der Waals surface area contributed by atoms with Crippen LogP contribution in [0, 0.1) is 0 Å². The molecule has 20 heavy (non-hydrogen) atoms. The van der Waals surface area contributed by atoms with E-state index in [4.69, 9.17) is 9.47 Å². The number of hydrogen-bond donors (Lipinski definition) is 0. The minimum absolute atomic E-state index is 0.175. The molecular weight excluding hydrogens is 278 g/mol. The Labute approximate surface area is 121 Å². The maximum absolute atomic E-state index is 11.2. The predicted molar refractivity (Wildman–Crippen MR) is 76.4 cm³/mol. The van der Waals surface area contributed by atoms with Crippen LogP contribution < -0.4 is 9.47 Å². The molecule has 1 aromatic carbocycles. The summed E-state index contributed by atoms with van der Waals surface area (Å²) in [6.45, 7) is 0. The van der Waals surface area contributed by atoms with Crippen molar-refractivity contribution < 1.29 is 19.0 Å². The summed E-state index contributed by atoms with van der Waals surface area (Å²) in [4.78, 5) is 15.7. The molecule has 0 atom stereocenters. The molecule has 0 spiro atoms. The van der Waals surface area contributed by atoms with Crippen LogP contribution in [0.3, 0.4) is 0 Å². The molecule has 0 amide bonds. The largest absolute Gasteiger partial charge is 0.497 e. The quantitative estimate of drug-likeness (QED) is 0.793. The van der Waals surface area contributed by atoms with E-state index < -0.39 is 0 Å². The smallest absolute Gasteiger partial charge is 0.311 e. The molecule has 2 aromatic rings. The molecule has 0 aliphatic carbocycles. The Morgan fingerprint density at radius 2 is 1.80 bits per heavy atom. The minimum atomic E-state index is -0.301. The lowest BCUT2D eigenvalue weighted by Crippen LogP contribution is -2.04. The van der Waals surface area contributed by atoms with E-state index in [2.05, 4.69) is 9.72 Å². The van der Waals surface area contributed by atoms with E-state index in [-0.39, 0.29) is 12.4 Å². The van der Waals surface area contributed by atoms with Crippen LogP contribution in [0.15, 0.2) is 23.6 Å². The van der Waals surface area contributed by atoms with E-state index in [1.54, 1.807) is 20.3 Å². The van der Waals surface area contributed by atoms with Gasteiger partial charge in [-0.1, -0.05) is 0 Å². The van der Waals surface area contributed by atoms with Crippen molar-refractivity contribution >= 4 is 17.3 Å². The number of thiazole rings is 1. The molecule has 1 heterocycles. The van der Waals surface area contributed by atoms with Crippen molar-refractivity contribution in [3.05, 3.63) is 29.3 Å². The Bertz CT molecular complexity index is 587. The van der Waals surface area contributed by atoms with Gasteiger partial charge in [-0.2, -0.15) is 0 Å². The second-order valence-corrected chi connectivity index (χ2v) is 4.86. The number of methoxy groups -OCH3 is 3. The van der Waals surface area contributed by atoms with E-state index in [1.165, 1.54) is 18.4 Å². The Kier molecular flexibility index (Phi) is 4.57. The summed E-state index contributed by atoms with van der Waals surface area (Å²) >= 11 is 1.46. The summed E-state index contributed by atoms with van der Waals surface area (Å²) in [7, 11) is 4.56. The number of carbonyl (C=O) groups excluding carboxylic acids is 1. The van der Waals surface area contributed by atoms with Gasteiger partial charge in [0.05, 0.1) is 33.4 Å². The van der Waals surface area contributed by atoms with E-state index in [0.717, 1.165) is 10.6 Å². The Morgan fingerprint density at radius 3 is 2.35 bits per heavy atom. The van der Waals surface area contributed by atoms with Gasteiger partial charge < -0.3 is 14.2 Å². The molecule has 0 aliphatic rings. The molecule has 0 aliphatic heterocycles. The zero-order valence-electron chi connectivity index (χ0n) is 11.5. The van der Waals surface area contributed by atoms with Crippen LogP contribution in [0.2, 0.25) is 0 Å². The first-order valence-corrected chi connectivity index (χ1v) is 6.79. The highest BCUT2D eigenvalue weighted by molar-refractivity contribution is 7.13. The Balaban J connectivity index is 2.29. The second kappa shape index (κ2) is 6.38. The van der Waals surface area contributed by atoms with E-state index >= 15 is 0 Å². The molecule has 0 bridgehead atoms. The number of aromatic nitrogens is 1. The van der Waals surface area contributed by atoms with Gasteiger partial charge in [0.2, 0.25) is 0 Å². The third-order valence-corrected chi connectivity index (χ3v) is 3.64. The molecule has 106 valence electrons. The van der Waals surface area contributed by atoms with Crippen LogP contribution >= 0.6 is 11.3 Å². The van der Waals surface area contributed by atoms with E-state index in [0.29, 0.717) is 17.2 Å². The fraction of sp³-hybridized carbons (Fsp3) is 0.286. The number of esters is 1. The molecule has 6 heteroatoms. The Hall–Kier alpha value is -2.08. The lowest BCUT2D eigenvalue weighted by Gasteiger charge is -2.06. The first-order valence-electron chi connectivity index (χ1n) is 5.91. The highest BCUT2D eigenvalue weighted by Crippen LogP contribution is 2.31. The fourth-order valence-electron chi connectivity index (χ4n) is 1.67. The number of ether oxygens (including phenoxy) is 3. The summed E-state index contributed by atoms with van der Waals surface area (Å²) in [6.07, 6.45) is 0.175. The molecule has 2 rings (SSSR count). The highest BCUT2D eigenvalue weighted by Gasteiger charge is 2.11. The molecule has 5 nitrogen and oxygen atoms in total. The van der Waals surface area contributed by atoms with Crippen LogP contribution in [0.1, 0.15) is 5.69 Å².